The van der Waals surface area contributed by atoms with Crippen molar-refractivity contribution in [3.05, 3.63) is 26.0 Å². The van der Waals surface area contributed by atoms with Crippen LogP contribution in [0.25, 0.3) is 0 Å². The second-order valence-corrected chi connectivity index (χ2v) is 1.84. The van der Waals surface area contributed by atoms with Crippen molar-refractivity contribution in [1.29, 1.82) is 0 Å². The maximum Gasteiger partial charge on any atom is 0.267 e. The van der Waals surface area contributed by atoms with Crippen LogP contribution in [-0.2, 0) is 6.42 Å². The lowest BCUT2D eigenvalue weighted by atomic mass is 10.1. The smallest absolute Gasteiger partial charge is 0.267 e. The van der Waals surface area contributed by atoms with Crippen LogP contribution in [0.15, 0.2) is 9.59 Å². The van der Waals surface area contributed by atoms with Crippen molar-refractivity contribution in [3.63, 3.8) is 0 Å². The Morgan fingerprint density at radius 3 is 2.11 bits per heavy atom. The Morgan fingerprint density at radius 2 is 1.89 bits per heavy atom. The summed E-state index contributed by atoms with van der Waals surface area (Å²) >= 11 is 0. The normalized spacial score (nSPS) is 10.3. The molecule has 1 rings (SSSR count). The molecule has 0 spiro atoms. The second-order valence-electron chi connectivity index (χ2n) is 1.84. The minimum Gasteiger partial charge on any atom is -0.504 e. The summed E-state index contributed by atoms with van der Waals surface area (Å²) in [7, 11) is 0. The lowest BCUT2D eigenvalue weighted by Gasteiger charge is -1.98. The van der Waals surface area contributed by atoms with E-state index in [0.29, 0.717) is 6.42 Å². The van der Waals surface area contributed by atoms with E-state index in [1.807, 2.05) is 0 Å². The van der Waals surface area contributed by atoms with Gasteiger partial charge in [0.05, 0.1) is 0 Å². The summed E-state index contributed by atoms with van der Waals surface area (Å²) in [4.78, 5) is 20.7. The first-order valence-corrected chi connectivity index (χ1v) is 2.69. The fraction of sp³-hybridized carbons (Fsp3) is 0.333. The van der Waals surface area contributed by atoms with Gasteiger partial charge in [-0.3, -0.25) is 9.59 Å². The quantitative estimate of drug-likeness (QED) is 0.518. The summed E-state index contributed by atoms with van der Waals surface area (Å²) in [5.41, 5.74) is -1.01. The first-order chi connectivity index (χ1) is 4.18. The van der Waals surface area contributed by atoms with E-state index in [1.165, 1.54) is 0 Å². The molecule has 1 aromatic carbocycles. The fourth-order valence-electron chi connectivity index (χ4n) is 0.755. The predicted octanol–water partition coefficient (Wildman–Crippen LogP) is -0.449. The van der Waals surface area contributed by atoms with Crippen LogP contribution >= 0.6 is 0 Å². The Bertz CT molecular complexity index is 291. The molecule has 0 saturated carbocycles. The van der Waals surface area contributed by atoms with Gasteiger partial charge in [-0.05, 0) is 6.42 Å². The summed E-state index contributed by atoms with van der Waals surface area (Å²) in [5, 5.41) is 8.66. The maximum atomic E-state index is 10.4. The van der Waals surface area contributed by atoms with E-state index >= 15 is 0 Å². The van der Waals surface area contributed by atoms with Crippen molar-refractivity contribution in [2.24, 2.45) is 0 Å². The molecule has 3 nitrogen and oxygen atoms in total. The van der Waals surface area contributed by atoms with Crippen molar-refractivity contribution < 1.29 is 5.11 Å². The van der Waals surface area contributed by atoms with Gasteiger partial charge in [0.15, 0.2) is 5.75 Å². The molecule has 0 saturated heterocycles. The zero-order valence-corrected chi connectivity index (χ0v) is 4.97. The molecule has 1 aromatic rings. The van der Waals surface area contributed by atoms with Crippen LogP contribution in [-0.4, -0.2) is 5.11 Å². The van der Waals surface area contributed by atoms with Crippen LogP contribution in [0.2, 0.25) is 0 Å². The Hall–Kier alpha value is -1.12. The zero-order valence-electron chi connectivity index (χ0n) is 4.97. The van der Waals surface area contributed by atoms with Gasteiger partial charge in [-0.15, -0.1) is 0 Å². The van der Waals surface area contributed by atoms with E-state index in [2.05, 4.69) is 0 Å². The van der Waals surface area contributed by atoms with Gasteiger partial charge in [-0.1, -0.05) is 6.92 Å². The molecule has 1 N–H and O–H groups in total. The molecule has 0 atom stereocenters. The average Bonchev–Trinajstić information content (AvgIpc) is 1.89. The molecule has 0 amide bonds. The highest BCUT2D eigenvalue weighted by atomic mass is 16.3. The summed E-state index contributed by atoms with van der Waals surface area (Å²) in [6, 6.07) is 0. The topological polar surface area (TPSA) is 54.4 Å². The molecule has 3 heteroatoms. The van der Waals surface area contributed by atoms with E-state index in [0.717, 1.165) is 0 Å². The van der Waals surface area contributed by atoms with Crippen molar-refractivity contribution in [2.45, 2.75) is 13.3 Å². The van der Waals surface area contributed by atoms with Gasteiger partial charge in [0.1, 0.15) is 0 Å². The fourth-order valence-corrected chi connectivity index (χ4v) is 0.755. The summed E-state index contributed by atoms with van der Waals surface area (Å²) in [6.07, 6.45) is 0.441. The number of aromatic hydroxyl groups is 1. The van der Waals surface area contributed by atoms with E-state index in [4.69, 9.17) is 5.11 Å². The van der Waals surface area contributed by atoms with Gasteiger partial charge >= 0.3 is 0 Å². The third kappa shape index (κ3) is 0.575. The Morgan fingerprint density at radius 1 is 1.33 bits per heavy atom. The number of hydrogen-bond donors (Lipinski definition) is 1. The molecular formula is C6H6O3. The van der Waals surface area contributed by atoms with Gasteiger partial charge in [-0.2, -0.15) is 0 Å². The van der Waals surface area contributed by atoms with Gasteiger partial charge in [0, 0.05) is 5.56 Å². The second kappa shape index (κ2) is 1.69. The molecule has 0 aliphatic heterocycles. The summed E-state index contributed by atoms with van der Waals surface area (Å²) in [6.45, 7) is 1.72. The molecule has 9 heavy (non-hydrogen) atoms. The summed E-state index contributed by atoms with van der Waals surface area (Å²) in [5.74, 6) is -0.345. The average molecular weight is 126 g/mol. The third-order valence-electron chi connectivity index (χ3n) is 1.33. The zero-order chi connectivity index (χ0) is 7.02. The van der Waals surface area contributed by atoms with Crippen LogP contribution < -0.4 is 10.9 Å². The predicted molar refractivity (Wildman–Crippen MR) is 32.4 cm³/mol. The third-order valence-corrected chi connectivity index (χ3v) is 1.33. The maximum absolute atomic E-state index is 10.4. The van der Waals surface area contributed by atoms with Gasteiger partial charge in [0.2, 0.25) is 5.43 Å². The van der Waals surface area contributed by atoms with Gasteiger partial charge < -0.3 is 5.11 Å². The van der Waals surface area contributed by atoms with Crippen LogP contribution in [0.1, 0.15) is 12.5 Å². The molecule has 48 valence electrons. The monoisotopic (exact) mass is 126 g/mol. The molecule has 0 aromatic heterocycles. The Balaban J connectivity index is 3.25. The molecular weight excluding hydrogens is 120 g/mol. The molecule has 0 unspecified atom stereocenters. The molecule has 0 aliphatic rings. The Labute approximate surface area is 51.3 Å². The molecule has 0 radical (unpaired) electrons. The number of rotatable bonds is 1. The minimum atomic E-state index is -0.744. The van der Waals surface area contributed by atoms with Crippen molar-refractivity contribution >= 4 is 0 Å². The van der Waals surface area contributed by atoms with Crippen LogP contribution in [0.5, 0.6) is 5.75 Å². The lowest BCUT2D eigenvalue weighted by molar-refractivity contribution is 0.454. The highest BCUT2D eigenvalue weighted by Gasteiger charge is 2.16. The Kier molecular flexibility index (Phi) is 1.12. The van der Waals surface area contributed by atoms with Crippen LogP contribution in [0.4, 0.5) is 0 Å². The van der Waals surface area contributed by atoms with Gasteiger partial charge in [0.25, 0.3) is 5.43 Å². The molecule has 0 bridgehead atoms. The standard InChI is InChI=1S/C6H6O3/c1-2-3-4(7)6(9)5(3)8/h7H,2H2,1H3. The lowest BCUT2D eigenvalue weighted by Crippen LogP contribution is -2.33. The molecule has 0 heterocycles. The van der Waals surface area contributed by atoms with Crippen molar-refractivity contribution in [1.82, 2.24) is 0 Å². The summed E-state index contributed by atoms with van der Waals surface area (Å²) < 4.78 is 0. The first kappa shape index (κ1) is 6.01. The first-order valence-electron chi connectivity index (χ1n) is 2.69. The van der Waals surface area contributed by atoms with Gasteiger partial charge in [-0.25, -0.2) is 0 Å². The van der Waals surface area contributed by atoms with Crippen molar-refractivity contribution in [2.75, 3.05) is 0 Å². The molecule has 0 aliphatic carbocycles. The van der Waals surface area contributed by atoms with E-state index in [-0.39, 0.29) is 11.3 Å². The van der Waals surface area contributed by atoms with E-state index in [9.17, 15) is 9.59 Å². The highest BCUT2D eigenvalue weighted by Crippen LogP contribution is 2.06. The minimum absolute atomic E-state index is 0.264. The highest BCUT2D eigenvalue weighted by molar-refractivity contribution is 5.37. The van der Waals surface area contributed by atoms with Crippen molar-refractivity contribution in [3.8, 4) is 5.75 Å². The molecule has 0 fully saturated rings. The van der Waals surface area contributed by atoms with Crippen LogP contribution in [0, 0.1) is 0 Å². The largest absolute Gasteiger partial charge is 0.504 e. The van der Waals surface area contributed by atoms with Crippen LogP contribution in [0.3, 0.4) is 0 Å². The number of hydrogen-bond acceptors (Lipinski definition) is 3. The van der Waals surface area contributed by atoms with E-state index < -0.39 is 10.9 Å². The SMILES string of the molecule is CCc1c(O)c(=O)c1=O. The van der Waals surface area contributed by atoms with E-state index in [1.54, 1.807) is 6.92 Å².